The molecule has 0 saturated carbocycles. The first-order valence-corrected chi connectivity index (χ1v) is 6.94. The van der Waals surface area contributed by atoms with E-state index in [1.807, 2.05) is 11.9 Å². The first-order valence-electron chi connectivity index (χ1n) is 6.94. The number of likely N-dealkylation sites (tertiary alicyclic amines) is 1. The summed E-state index contributed by atoms with van der Waals surface area (Å²) in [6, 6.07) is -0.0569. The van der Waals surface area contributed by atoms with Crippen molar-refractivity contribution in [2.45, 2.75) is 31.4 Å². The number of amides is 1. The first kappa shape index (κ1) is 13.8. The van der Waals surface area contributed by atoms with Crippen molar-refractivity contribution in [3.05, 3.63) is 0 Å². The van der Waals surface area contributed by atoms with Gasteiger partial charge in [0.15, 0.2) is 0 Å². The lowest BCUT2D eigenvalue weighted by Gasteiger charge is -2.24. The van der Waals surface area contributed by atoms with Crippen LogP contribution in [0, 0.1) is 0 Å². The fraction of sp³-hybridized carbons (Fsp3) is 0.923. The second-order valence-corrected chi connectivity index (χ2v) is 5.36. The van der Waals surface area contributed by atoms with Crippen molar-refractivity contribution in [2.75, 3.05) is 46.9 Å². The average Bonchev–Trinajstić information content (AvgIpc) is 3.05. The van der Waals surface area contributed by atoms with Crippen LogP contribution in [0.25, 0.3) is 0 Å². The summed E-state index contributed by atoms with van der Waals surface area (Å²) in [5.41, 5.74) is 0. The fourth-order valence-electron chi connectivity index (χ4n) is 2.74. The molecule has 1 N–H and O–H groups in total. The number of nitrogens with zero attached hydrogens (tertiary/aromatic N) is 2. The highest BCUT2D eigenvalue weighted by Crippen LogP contribution is 2.12. The van der Waals surface area contributed by atoms with Gasteiger partial charge in [-0.1, -0.05) is 0 Å². The summed E-state index contributed by atoms with van der Waals surface area (Å²) in [5, 5.41) is 3.24. The quantitative estimate of drug-likeness (QED) is 0.746. The molecule has 2 unspecified atom stereocenters. The maximum atomic E-state index is 12.2. The van der Waals surface area contributed by atoms with Gasteiger partial charge in [0.25, 0.3) is 0 Å². The van der Waals surface area contributed by atoms with Crippen molar-refractivity contribution in [2.24, 2.45) is 0 Å². The first-order chi connectivity index (χ1) is 8.70. The number of rotatable bonds is 5. The third-order valence-corrected chi connectivity index (χ3v) is 4.05. The smallest absolute Gasteiger partial charge is 0.239 e. The number of nitrogens with one attached hydrogen (secondary N) is 1. The summed E-state index contributed by atoms with van der Waals surface area (Å²) >= 11 is 0. The second-order valence-electron chi connectivity index (χ2n) is 5.36. The number of hydrogen-bond donors (Lipinski definition) is 1. The molecule has 2 aliphatic heterocycles. The zero-order chi connectivity index (χ0) is 13.0. The molecule has 104 valence electrons. The average molecular weight is 255 g/mol. The van der Waals surface area contributed by atoms with Crippen LogP contribution in [0.4, 0.5) is 0 Å². The van der Waals surface area contributed by atoms with Crippen molar-refractivity contribution in [3.63, 3.8) is 0 Å². The van der Waals surface area contributed by atoms with Gasteiger partial charge in [0.05, 0.1) is 12.1 Å². The lowest BCUT2D eigenvalue weighted by Crippen LogP contribution is -2.44. The number of carbonyl (C=O) groups excluding carboxylic acids is 1. The highest BCUT2D eigenvalue weighted by Gasteiger charge is 2.31. The molecule has 0 aromatic heterocycles. The maximum absolute atomic E-state index is 12.2. The van der Waals surface area contributed by atoms with Gasteiger partial charge in [0.1, 0.15) is 0 Å². The number of likely N-dealkylation sites (N-methyl/N-ethyl adjacent to an activating group) is 1. The number of ether oxygens (including phenoxy) is 1. The molecule has 5 heteroatoms. The Balaban J connectivity index is 1.71. The molecule has 5 nitrogen and oxygen atoms in total. The Morgan fingerprint density at radius 2 is 2.17 bits per heavy atom. The summed E-state index contributed by atoms with van der Waals surface area (Å²) in [7, 11) is 3.61. The van der Waals surface area contributed by atoms with Crippen LogP contribution in [0.1, 0.15) is 19.3 Å². The molecule has 0 aromatic rings. The van der Waals surface area contributed by atoms with E-state index < -0.39 is 0 Å². The number of methoxy groups -OCH3 is 1. The van der Waals surface area contributed by atoms with Gasteiger partial charge in [-0.05, 0) is 32.4 Å². The van der Waals surface area contributed by atoms with Crippen LogP contribution in [0.5, 0.6) is 0 Å². The van der Waals surface area contributed by atoms with E-state index in [0.29, 0.717) is 0 Å². The monoisotopic (exact) mass is 255 g/mol. The molecule has 0 radical (unpaired) electrons. The van der Waals surface area contributed by atoms with Crippen LogP contribution in [0.15, 0.2) is 0 Å². The largest absolute Gasteiger partial charge is 0.380 e. The van der Waals surface area contributed by atoms with Crippen LogP contribution in [-0.4, -0.2) is 74.7 Å². The van der Waals surface area contributed by atoms with Gasteiger partial charge in [0.2, 0.25) is 5.91 Å². The summed E-state index contributed by atoms with van der Waals surface area (Å²) < 4.78 is 5.27. The van der Waals surface area contributed by atoms with E-state index in [9.17, 15) is 4.79 Å². The molecule has 1 amide bonds. The fourth-order valence-corrected chi connectivity index (χ4v) is 2.74. The third kappa shape index (κ3) is 3.43. The molecular formula is C13H25N3O2. The normalized spacial score (nSPS) is 28.8. The van der Waals surface area contributed by atoms with Gasteiger partial charge >= 0.3 is 0 Å². The van der Waals surface area contributed by atoms with Crippen LogP contribution in [0.3, 0.4) is 0 Å². The molecule has 0 aromatic carbocycles. The summed E-state index contributed by atoms with van der Waals surface area (Å²) in [5.74, 6) is 0.203. The van der Waals surface area contributed by atoms with E-state index in [2.05, 4.69) is 10.2 Å². The Morgan fingerprint density at radius 3 is 2.78 bits per heavy atom. The lowest BCUT2D eigenvalue weighted by atomic mass is 10.2. The van der Waals surface area contributed by atoms with Crippen molar-refractivity contribution >= 4 is 5.91 Å². The van der Waals surface area contributed by atoms with Gasteiger partial charge in [-0.15, -0.1) is 0 Å². The number of carbonyl (C=O) groups is 1. The Labute approximate surface area is 109 Å². The van der Waals surface area contributed by atoms with Crippen molar-refractivity contribution in [1.29, 1.82) is 0 Å². The summed E-state index contributed by atoms with van der Waals surface area (Å²) in [4.78, 5) is 16.5. The van der Waals surface area contributed by atoms with E-state index in [4.69, 9.17) is 4.74 Å². The topological polar surface area (TPSA) is 44.8 Å². The lowest BCUT2D eigenvalue weighted by molar-refractivity contribution is -0.132. The minimum atomic E-state index is -0.0569. The molecule has 0 aliphatic carbocycles. The van der Waals surface area contributed by atoms with E-state index in [1.54, 1.807) is 7.11 Å². The minimum Gasteiger partial charge on any atom is -0.380 e. The van der Waals surface area contributed by atoms with Crippen LogP contribution in [0.2, 0.25) is 0 Å². The molecule has 2 fully saturated rings. The molecule has 0 spiro atoms. The Kier molecular flexibility index (Phi) is 4.97. The Bertz CT molecular complexity index is 279. The predicted molar refractivity (Wildman–Crippen MR) is 70.5 cm³/mol. The molecule has 2 aliphatic rings. The molecular weight excluding hydrogens is 230 g/mol. The van der Waals surface area contributed by atoms with Gasteiger partial charge in [-0.25, -0.2) is 0 Å². The predicted octanol–water partition coefficient (Wildman–Crippen LogP) is -0.0825. The molecule has 2 rings (SSSR count). The number of hydrogen-bond acceptors (Lipinski definition) is 4. The zero-order valence-electron chi connectivity index (χ0n) is 11.5. The Morgan fingerprint density at radius 1 is 1.44 bits per heavy atom. The van der Waals surface area contributed by atoms with Gasteiger partial charge in [-0.2, -0.15) is 0 Å². The third-order valence-electron chi connectivity index (χ3n) is 4.05. The van der Waals surface area contributed by atoms with Crippen molar-refractivity contribution in [1.82, 2.24) is 15.1 Å². The highest BCUT2D eigenvalue weighted by atomic mass is 16.5. The van der Waals surface area contributed by atoms with Gasteiger partial charge in [-0.3, -0.25) is 4.79 Å². The maximum Gasteiger partial charge on any atom is 0.239 e. The second kappa shape index (κ2) is 6.50. The van der Waals surface area contributed by atoms with E-state index >= 15 is 0 Å². The summed E-state index contributed by atoms with van der Waals surface area (Å²) in [6.45, 7) is 5.00. The summed E-state index contributed by atoms with van der Waals surface area (Å²) in [6.07, 6.45) is 3.59. The molecule has 0 bridgehead atoms. The highest BCUT2D eigenvalue weighted by molar-refractivity contribution is 5.82. The van der Waals surface area contributed by atoms with Crippen molar-refractivity contribution in [3.8, 4) is 0 Å². The Hall–Kier alpha value is -0.650. The standard InChI is InChI=1S/C13H25N3O2/c1-15(7-8-16-5-3-4-6-16)13(17)12-9-11(18-2)10-14-12/h11-12,14H,3-10H2,1-2H3. The minimum absolute atomic E-state index is 0.0569. The van der Waals surface area contributed by atoms with E-state index in [1.165, 1.54) is 25.9 Å². The van der Waals surface area contributed by atoms with E-state index in [-0.39, 0.29) is 18.1 Å². The molecule has 18 heavy (non-hydrogen) atoms. The molecule has 2 heterocycles. The molecule has 2 saturated heterocycles. The van der Waals surface area contributed by atoms with Gasteiger partial charge < -0.3 is 19.9 Å². The molecule has 2 atom stereocenters. The van der Waals surface area contributed by atoms with Crippen molar-refractivity contribution < 1.29 is 9.53 Å². The SMILES string of the molecule is COC1CNC(C(=O)N(C)CCN2CCCC2)C1. The van der Waals surface area contributed by atoms with Gasteiger partial charge in [0, 0.05) is 33.8 Å². The van der Waals surface area contributed by atoms with Crippen LogP contribution in [-0.2, 0) is 9.53 Å². The van der Waals surface area contributed by atoms with Crippen LogP contribution < -0.4 is 5.32 Å². The van der Waals surface area contributed by atoms with E-state index in [0.717, 1.165) is 26.1 Å². The zero-order valence-corrected chi connectivity index (χ0v) is 11.5. The van der Waals surface area contributed by atoms with Crippen LogP contribution >= 0.6 is 0 Å².